The van der Waals surface area contributed by atoms with E-state index in [0.717, 1.165) is 24.0 Å². The van der Waals surface area contributed by atoms with Gasteiger partial charge in [0.25, 0.3) is 0 Å². The molecule has 2 heterocycles. The van der Waals surface area contributed by atoms with E-state index in [9.17, 15) is 33.6 Å². The quantitative estimate of drug-likeness (QED) is 0.0767. The number of rotatable bonds is 22. The lowest BCUT2D eigenvalue weighted by molar-refractivity contribution is -0.143. The summed E-state index contributed by atoms with van der Waals surface area (Å²) in [5.74, 6) is -2.81. The van der Waals surface area contributed by atoms with Crippen LogP contribution in [0.25, 0.3) is 0 Å². The topological polar surface area (TPSA) is 190 Å². The van der Waals surface area contributed by atoms with Crippen LogP contribution in [0.2, 0.25) is 0 Å². The Morgan fingerprint density at radius 3 is 1.72 bits per heavy atom. The summed E-state index contributed by atoms with van der Waals surface area (Å²) in [7, 11) is 0. The molecule has 2 saturated heterocycles. The van der Waals surface area contributed by atoms with Crippen molar-refractivity contribution in [3.8, 4) is 0 Å². The molecule has 5 amide bonds. The van der Waals surface area contributed by atoms with Gasteiger partial charge >= 0.3 is 18.3 Å². The minimum Gasteiger partial charge on any atom is -0.447 e. The number of benzene rings is 2. The van der Waals surface area contributed by atoms with E-state index in [4.69, 9.17) is 14.2 Å². The molecule has 2 aromatic carbocycles. The predicted molar refractivity (Wildman–Crippen MR) is 261 cm³/mol. The van der Waals surface area contributed by atoms with E-state index in [1.165, 1.54) is 0 Å². The number of amides is 5. The summed E-state index contributed by atoms with van der Waals surface area (Å²) >= 11 is 0. The summed E-state index contributed by atoms with van der Waals surface area (Å²) in [6.45, 7) is 20.6. The monoisotopic (exact) mass is 946 g/mol. The molecule has 2 fully saturated rings. The number of hydrogen-bond donors (Lipinski definition) is 3. The first-order valence-corrected chi connectivity index (χ1v) is 24.5. The van der Waals surface area contributed by atoms with E-state index < -0.39 is 53.2 Å². The van der Waals surface area contributed by atoms with Crippen LogP contribution in [0, 0.1) is 23.2 Å². The Hall–Kier alpha value is -5.47. The number of ether oxygens (including phenoxy) is 3. The molecular formula is C53H79N5O10. The van der Waals surface area contributed by atoms with Crippen molar-refractivity contribution in [3.63, 3.8) is 0 Å². The van der Waals surface area contributed by atoms with Crippen molar-refractivity contribution < 1.29 is 47.8 Å². The Morgan fingerprint density at radius 2 is 1.18 bits per heavy atom. The maximum Gasteiger partial charge on any atom is 0.410 e. The average Bonchev–Trinajstić information content (AvgIpc) is 3.23. The van der Waals surface area contributed by atoms with Crippen molar-refractivity contribution >= 4 is 41.7 Å². The molecule has 4 rings (SSSR count). The summed E-state index contributed by atoms with van der Waals surface area (Å²) < 4.78 is 16.3. The van der Waals surface area contributed by atoms with Crippen LogP contribution >= 0.6 is 0 Å². The molecule has 4 atom stereocenters. The Balaban J connectivity index is 1.52. The number of alkyl carbamates (subject to hydrolysis) is 2. The van der Waals surface area contributed by atoms with E-state index in [1.54, 1.807) is 46.4 Å². The molecule has 3 N–H and O–H groups in total. The van der Waals surface area contributed by atoms with Gasteiger partial charge in [0.15, 0.2) is 11.6 Å². The summed E-state index contributed by atoms with van der Waals surface area (Å²) in [6.07, 6.45) is 1.50. The number of nitrogens with one attached hydrogen (secondary N) is 3. The molecule has 376 valence electrons. The van der Waals surface area contributed by atoms with Gasteiger partial charge in [0.1, 0.15) is 11.2 Å². The van der Waals surface area contributed by atoms with Crippen LogP contribution in [-0.2, 0) is 46.2 Å². The Labute approximate surface area is 404 Å². The smallest absolute Gasteiger partial charge is 0.410 e. The molecular weight excluding hydrogens is 867 g/mol. The fourth-order valence-electron chi connectivity index (χ4n) is 8.78. The van der Waals surface area contributed by atoms with Crippen molar-refractivity contribution in [2.75, 3.05) is 32.7 Å². The number of piperidine rings is 1. The van der Waals surface area contributed by atoms with E-state index >= 15 is 0 Å². The van der Waals surface area contributed by atoms with Crippen LogP contribution in [0.3, 0.4) is 0 Å². The normalized spacial score (nSPS) is 16.5. The second kappa shape index (κ2) is 25.2. The fraction of sp³-hybridized carbons (Fsp3) is 0.642. The molecule has 68 heavy (non-hydrogen) atoms. The number of hydrogen-bond acceptors (Lipinski definition) is 10. The minimum atomic E-state index is -0.994. The van der Waals surface area contributed by atoms with Crippen molar-refractivity contribution in [1.82, 2.24) is 25.8 Å². The van der Waals surface area contributed by atoms with Crippen LogP contribution in [0.5, 0.6) is 0 Å². The lowest BCUT2D eigenvalue weighted by atomic mass is 9.72. The molecule has 2 aliphatic heterocycles. The number of likely N-dealkylation sites (tertiary alicyclic amines) is 2. The molecule has 0 aromatic heterocycles. The first kappa shape index (κ1) is 55.1. The van der Waals surface area contributed by atoms with Gasteiger partial charge in [0, 0.05) is 62.8 Å². The van der Waals surface area contributed by atoms with E-state index in [2.05, 4.69) is 16.0 Å². The number of Topliss-reactive ketones (excluding diaryl/α,β-unsaturated/α-hetero) is 2. The summed E-state index contributed by atoms with van der Waals surface area (Å²) in [4.78, 5) is 99.3. The highest BCUT2D eigenvalue weighted by molar-refractivity contribution is 5.95. The Bertz CT molecular complexity index is 1980. The van der Waals surface area contributed by atoms with Gasteiger partial charge in [-0.05, 0) is 117 Å². The maximum atomic E-state index is 14.6. The summed E-state index contributed by atoms with van der Waals surface area (Å²) in [5.41, 5.74) is 0.115. The number of carbonyl (C=O) groups is 7. The number of unbranched alkanes of at least 4 members (excludes halogenated alkanes) is 1. The van der Waals surface area contributed by atoms with Gasteiger partial charge in [-0.25, -0.2) is 14.4 Å². The highest BCUT2D eigenvalue weighted by atomic mass is 16.6. The second-order valence-electron chi connectivity index (χ2n) is 21.5. The highest BCUT2D eigenvalue weighted by Gasteiger charge is 2.48. The van der Waals surface area contributed by atoms with Crippen LogP contribution in [0.1, 0.15) is 132 Å². The molecule has 0 bridgehead atoms. The zero-order valence-corrected chi connectivity index (χ0v) is 42.3. The lowest BCUT2D eigenvalue weighted by Crippen LogP contribution is -2.62. The average molecular weight is 946 g/mol. The molecule has 0 aliphatic carbocycles. The van der Waals surface area contributed by atoms with Crippen molar-refractivity contribution in [3.05, 3.63) is 71.8 Å². The van der Waals surface area contributed by atoms with Crippen LogP contribution in [-0.4, -0.2) is 114 Å². The predicted octanol–water partition coefficient (Wildman–Crippen LogP) is 8.21. The van der Waals surface area contributed by atoms with Crippen LogP contribution in [0.4, 0.5) is 14.4 Å². The highest BCUT2D eigenvalue weighted by Crippen LogP contribution is 2.41. The third kappa shape index (κ3) is 18.9. The Morgan fingerprint density at radius 1 is 0.647 bits per heavy atom. The minimum absolute atomic E-state index is 0.00189. The standard InChI is InChI=1S/C53H79N5O10/c1-36(2)29-42(55-46(61)41(30-38-19-13-11-14-20-38)33-45(60)43(31-39-21-15-12-16-22-39)56-49(64)68-52(8,9)10)44(59)32-40(23-17-18-26-54-48(63)67-51(5,6)7)47(62)57-27-24-53(25-28-57)34-58(35-53)50(65)66-37(3)4/h11-16,19-22,36-37,40-43H,17-18,23-35H2,1-10H3,(H,54,63)(H,55,61)(H,56,64)/t40-,41-,42+,43+/m0/s1. The molecule has 0 radical (unpaired) electrons. The molecule has 0 saturated carbocycles. The van der Waals surface area contributed by atoms with Crippen molar-refractivity contribution in [2.45, 2.75) is 163 Å². The second-order valence-corrected chi connectivity index (χ2v) is 21.5. The number of nitrogens with zero attached hydrogens (tertiary/aromatic N) is 2. The maximum absolute atomic E-state index is 14.6. The molecule has 2 aromatic rings. The first-order valence-electron chi connectivity index (χ1n) is 24.5. The van der Waals surface area contributed by atoms with Gasteiger partial charge < -0.3 is 40.0 Å². The van der Waals surface area contributed by atoms with E-state index in [1.807, 2.05) is 93.3 Å². The SMILES string of the molecule is CC(C)C[C@@H](NC(=O)[C@H](CC(=O)[C@@H](Cc1ccccc1)NC(=O)OC(C)(C)C)Cc1ccccc1)C(=O)C[C@H](CCCCNC(=O)OC(C)(C)C)C(=O)N1CCC2(CC1)CN(C(=O)OC(C)C)C2. The largest absolute Gasteiger partial charge is 0.447 e. The molecule has 1 spiro atoms. The van der Waals surface area contributed by atoms with Gasteiger partial charge in [-0.15, -0.1) is 0 Å². The summed E-state index contributed by atoms with van der Waals surface area (Å²) in [5, 5.41) is 8.56. The first-order chi connectivity index (χ1) is 31.9. The van der Waals surface area contributed by atoms with Gasteiger partial charge in [-0.2, -0.15) is 0 Å². The molecule has 15 heteroatoms. The van der Waals surface area contributed by atoms with Crippen LogP contribution in [0.15, 0.2) is 60.7 Å². The number of ketones is 2. The van der Waals surface area contributed by atoms with E-state index in [-0.39, 0.29) is 66.7 Å². The van der Waals surface area contributed by atoms with Gasteiger partial charge in [0.05, 0.1) is 18.2 Å². The van der Waals surface area contributed by atoms with Crippen molar-refractivity contribution in [2.24, 2.45) is 23.2 Å². The molecule has 15 nitrogen and oxygen atoms in total. The van der Waals surface area contributed by atoms with Gasteiger partial charge in [-0.3, -0.25) is 19.2 Å². The Kier molecular flexibility index (Phi) is 20.5. The third-order valence-electron chi connectivity index (χ3n) is 12.1. The van der Waals surface area contributed by atoms with Gasteiger partial charge in [-0.1, -0.05) is 80.9 Å². The zero-order chi connectivity index (χ0) is 50.2. The lowest BCUT2D eigenvalue weighted by Gasteiger charge is -2.53. The summed E-state index contributed by atoms with van der Waals surface area (Å²) in [6, 6.07) is 16.7. The van der Waals surface area contributed by atoms with E-state index in [0.29, 0.717) is 58.4 Å². The molecule has 2 aliphatic rings. The zero-order valence-electron chi connectivity index (χ0n) is 42.3. The van der Waals surface area contributed by atoms with Gasteiger partial charge in [0.2, 0.25) is 11.8 Å². The van der Waals surface area contributed by atoms with Crippen LogP contribution < -0.4 is 16.0 Å². The van der Waals surface area contributed by atoms with Crippen molar-refractivity contribution in [1.29, 1.82) is 0 Å². The third-order valence-corrected chi connectivity index (χ3v) is 12.1. The molecule has 0 unspecified atom stereocenters. The number of carbonyl (C=O) groups excluding carboxylic acids is 7. The fourth-order valence-corrected chi connectivity index (χ4v) is 8.78.